The van der Waals surface area contributed by atoms with E-state index in [1.807, 2.05) is 6.92 Å². The molecule has 1 amide bonds. The lowest BCUT2D eigenvalue weighted by Gasteiger charge is -2.27. The number of ether oxygens (including phenoxy) is 2. The Morgan fingerprint density at radius 3 is 1.71 bits per heavy atom. The second-order valence-corrected chi connectivity index (χ2v) is 7.20. The van der Waals surface area contributed by atoms with E-state index in [0.29, 0.717) is 12.1 Å². The molecular formula is C26H22NO7-. The van der Waals surface area contributed by atoms with E-state index in [0.717, 1.165) is 5.56 Å². The summed E-state index contributed by atoms with van der Waals surface area (Å²) in [6, 6.07) is 22.2. The van der Waals surface area contributed by atoms with Gasteiger partial charge in [0, 0.05) is 5.69 Å². The molecule has 3 aromatic rings. The van der Waals surface area contributed by atoms with Crippen LogP contribution >= 0.6 is 0 Å². The molecule has 0 saturated heterocycles. The number of aryl methyl sites for hydroxylation is 1. The predicted octanol–water partition coefficient (Wildman–Crippen LogP) is 2.39. The summed E-state index contributed by atoms with van der Waals surface area (Å²) < 4.78 is 10.3. The number of nitrogens with one attached hydrogen (secondary N) is 1. The molecule has 34 heavy (non-hydrogen) atoms. The Labute approximate surface area is 196 Å². The van der Waals surface area contributed by atoms with Crippen molar-refractivity contribution in [1.82, 2.24) is 0 Å². The minimum Gasteiger partial charge on any atom is -0.546 e. The molecule has 0 aliphatic rings. The molecule has 3 aromatic carbocycles. The van der Waals surface area contributed by atoms with Gasteiger partial charge in [0.25, 0.3) is 5.91 Å². The summed E-state index contributed by atoms with van der Waals surface area (Å²) in [5.74, 6) is -4.86. The van der Waals surface area contributed by atoms with Crippen molar-refractivity contribution in [2.24, 2.45) is 0 Å². The predicted molar refractivity (Wildman–Crippen MR) is 121 cm³/mol. The number of hydrogen-bond donors (Lipinski definition) is 1. The van der Waals surface area contributed by atoms with Crippen molar-refractivity contribution in [2.45, 2.75) is 25.6 Å². The molecule has 174 valence electrons. The van der Waals surface area contributed by atoms with E-state index in [9.17, 15) is 24.3 Å². The van der Waals surface area contributed by atoms with Crippen molar-refractivity contribution in [3.05, 3.63) is 102 Å². The van der Waals surface area contributed by atoms with Crippen LogP contribution in [0.15, 0.2) is 84.9 Å². The first-order chi connectivity index (χ1) is 16.4. The van der Waals surface area contributed by atoms with E-state index >= 15 is 0 Å². The van der Waals surface area contributed by atoms with Crippen molar-refractivity contribution in [3.8, 4) is 0 Å². The Balaban J connectivity index is 1.92. The fraction of sp³-hybridized carbons (Fsp3) is 0.154. The first-order valence-corrected chi connectivity index (χ1v) is 10.5. The number of carboxylic acid groups (broad SMARTS) is 1. The second kappa shape index (κ2) is 11.4. The molecule has 0 fully saturated rings. The molecule has 0 aromatic heterocycles. The van der Waals surface area contributed by atoms with E-state index in [-0.39, 0.29) is 11.1 Å². The first kappa shape index (κ1) is 24.2. The highest BCUT2D eigenvalue weighted by atomic mass is 16.6. The largest absolute Gasteiger partial charge is 0.546 e. The highest BCUT2D eigenvalue weighted by molar-refractivity contribution is 6.01. The lowest BCUT2D eigenvalue weighted by atomic mass is 10.1. The number of rotatable bonds is 9. The average Bonchev–Trinajstić information content (AvgIpc) is 2.87. The maximum Gasteiger partial charge on any atom is 0.339 e. The quantitative estimate of drug-likeness (QED) is 0.487. The number of amides is 1. The SMILES string of the molecule is CCc1ccccc1NC(=O)[C@@H](OC(=O)c1ccccc1)[C@H](OC(=O)c1ccccc1)C(=O)[O-]. The van der Waals surface area contributed by atoms with E-state index in [1.54, 1.807) is 60.7 Å². The third-order valence-corrected chi connectivity index (χ3v) is 4.91. The van der Waals surface area contributed by atoms with Crippen LogP contribution < -0.4 is 10.4 Å². The maximum atomic E-state index is 13.1. The minimum absolute atomic E-state index is 0.0543. The van der Waals surface area contributed by atoms with E-state index in [1.165, 1.54) is 24.3 Å². The third-order valence-electron chi connectivity index (χ3n) is 4.91. The monoisotopic (exact) mass is 460 g/mol. The Bertz CT molecular complexity index is 1160. The number of para-hydroxylation sites is 1. The Hall–Kier alpha value is -4.46. The van der Waals surface area contributed by atoms with Gasteiger partial charge in [-0.1, -0.05) is 61.5 Å². The maximum absolute atomic E-state index is 13.1. The van der Waals surface area contributed by atoms with Gasteiger partial charge in [0.05, 0.1) is 17.1 Å². The van der Waals surface area contributed by atoms with Gasteiger partial charge in [-0.15, -0.1) is 0 Å². The molecule has 0 aliphatic carbocycles. The zero-order valence-corrected chi connectivity index (χ0v) is 18.3. The number of benzene rings is 3. The van der Waals surface area contributed by atoms with Gasteiger partial charge in [0.15, 0.2) is 6.10 Å². The normalized spacial score (nSPS) is 12.1. The van der Waals surface area contributed by atoms with Crippen LogP contribution in [0.2, 0.25) is 0 Å². The second-order valence-electron chi connectivity index (χ2n) is 7.20. The topological polar surface area (TPSA) is 122 Å². The number of carbonyl (C=O) groups is 4. The van der Waals surface area contributed by atoms with Crippen LogP contribution in [0.25, 0.3) is 0 Å². The van der Waals surface area contributed by atoms with Crippen LogP contribution in [-0.2, 0) is 25.5 Å². The molecule has 0 radical (unpaired) electrons. The molecule has 0 heterocycles. The molecule has 0 saturated carbocycles. The summed E-state index contributed by atoms with van der Waals surface area (Å²) in [5.41, 5.74) is 1.32. The number of anilines is 1. The highest BCUT2D eigenvalue weighted by Crippen LogP contribution is 2.19. The van der Waals surface area contributed by atoms with Gasteiger partial charge in [-0.2, -0.15) is 0 Å². The van der Waals surface area contributed by atoms with Crippen LogP contribution in [0, 0.1) is 0 Å². The van der Waals surface area contributed by atoms with Gasteiger partial charge in [-0.3, -0.25) is 4.79 Å². The summed E-state index contributed by atoms with van der Waals surface area (Å²) >= 11 is 0. The van der Waals surface area contributed by atoms with E-state index in [4.69, 9.17) is 9.47 Å². The molecule has 1 N–H and O–H groups in total. The lowest BCUT2D eigenvalue weighted by Crippen LogP contribution is -2.52. The van der Waals surface area contributed by atoms with Gasteiger partial charge in [0.2, 0.25) is 6.10 Å². The van der Waals surface area contributed by atoms with Gasteiger partial charge in [-0.05, 0) is 42.3 Å². The number of aliphatic carboxylic acids is 1. The summed E-state index contributed by atoms with van der Waals surface area (Å²) in [5, 5.41) is 14.5. The Kier molecular flexibility index (Phi) is 8.12. The van der Waals surface area contributed by atoms with Gasteiger partial charge in [0.1, 0.15) is 0 Å². The fourth-order valence-electron chi connectivity index (χ4n) is 3.16. The van der Waals surface area contributed by atoms with Crippen LogP contribution in [0.4, 0.5) is 5.69 Å². The third kappa shape index (κ3) is 6.07. The summed E-state index contributed by atoms with van der Waals surface area (Å²) in [4.78, 5) is 50.3. The van der Waals surface area contributed by atoms with Crippen molar-refractivity contribution in [1.29, 1.82) is 0 Å². The molecule has 8 heteroatoms. The average molecular weight is 460 g/mol. The van der Waals surface area contributed by atoms with Crippen molar-refractivity contribution in [2.75, 3.05) is 5.32 Å². The smallest absolute Gasteiger partial charge is 0.339 e. The highest BCUT2D eigenvalue weighted by Gasteiger charge is 2.37. The summed E-state index contributed by atoms with van der Waals surface area (Å²) in [6.45, 7) is 1.88. The van der Waals surface area contributed by atoms with Crippen molar-refractivity contribution >= 4 is 29.5 Å². The Morgan fingerprint density at radius 2 is 1.21 bits per heavy atom. The molecule has 3 rings (SSSR count). The summed E-state index contributed by atoms with van der Waals surface area (Å²) in [6.07, 6.45) is -3.64. The standard InChI is InChI=1S/C26H23NO7/c1-2-17-11-9-10-16-20(17)27-23(28)21(33-25(31)18-12-5-3-6-13-18)22(24(29)30)34-26(32)19-14-7-4-8-15-19/h3-16,21-22H,2H2,1H3,(H,27,28)(H,29,30)/p-1/t21-,22-/m0/s1. The van der Waals surface area contributed by atoms with Crippen LogP contribution in [0.1, 0.15) is 33.2 Å². The van der Waals surface area contributed by atoms with E-state index < -0.39 is 36.0 Å². The number of hydrogen-bond acceptors (Lipinski definition) is 7. The lowest BCUT2D eigenvalue weighted by molar-refractivity contribution is -0.317. The van der Waals surface area contributed by atoms with Gasteiger partial charge >= 0.3 is 11.9 Å². The van der Waals surface area contributed by atoms with Gasteiger partial charge < -0.3 is 24.7 Å². The molecule has 8 nitrogen and oxygen atoms in total. The summed E-state index contributed by atoms with van der Waals surface area (Å²) in [7, 11) is 0. The van der Waals surface area contributed by atoms with Crippen molar-refractivity contribution < 1.29 is 33.8 Å². The molecule has 0 aliphatic heterocycles. The molecular weight excluding hydrogens is 438 g/mol. The molecule has 2 atom stereocenters. The number of carbonyl (C=O) groups excluding carboxylic acids is 4. The molecule has 0 bridgehead atoms. The van der Waals surface area contributed by atoms with Crippen LogP contribution in [0.5, 0.6) is 0 Å². The molecule has 0 unspecified atom stereocenters. The molecule has 0 spiro atoms. The Morgan fingerprint density at radius 1 is 0.735 bits per heavy atom. The van der Waals surface area contributed by atoms with Crippen LogP contribution in [-0.4, -0.2) is 36.0 Å². The van der Waals surface area contributed by atoms with Crippen molar-refractivity contribution in [3.63, 3.8) is 0 Å². The van der Waals surface area contributed by atoms with Gasteiger partial charge in [-0.25, -0.2) is 9.59 Å². The zero-order valence-electron chi connectivity index (χ0n) is 18.3. The number of carboxylic acids is 1. The first-order valence-electron chi connectivity index (χ1n) is 10.5. The minimum atomic E-state index is -2.20. The zero-order chi connectivity index (χ0) is 24.5. The fourth-order valence-corrected chi connectivity index (χ4v) is 3.16. The number of esters is 2. The van der Waals surface area contributed by atoms with E-state index in [2.05, 4.69) is 5.32 Å². The van der Waals surface area contributed by atoms with Crippen LogP contribution in [0.3, 0.4) is 0 Å².